The van der Waals surface area contributed by atoms with Gasteiger partial charge in [0.1, 0.15) is 0 Å². The van der Waals surface area contributed by atoms with Crippen LogP contribution in [0.1, 0.15) is 36.7 Å². The number of benzene rings is 1. The molecule has 1 aromatic carbocycles. The van der Waals surface area contributed by atoms with Crippen molar-refractivity contribution in [3.05, 3.63) is 29.3 Å². The van der Waals surface area contributed by atoms with Crippen LogP contribution in [0.4, 0.5) is 0 Å². The van der Waals surface area contributed by atoms with Crippen molar-refractivity contribution >= 4 is 15.8 Å². The predicted octanol–water partition coefficient (Wildman–Crippen LogP) is 1.74. The molecule has 0 heterocycles. The lowest BCUT2D eigenvalue weighted by atomic mass is 10.0. The molecule has 4 nitrogen and oxygen atoms in total. The van der Waals surface area contributed by atoms with Crippen LogP contribution in [0.2, 0.25) is 0 Å². The lowest BCUT2D eigenvalue weighted by Gasteiger charge is -2.11. The molecular weight excluding hydrogens is 238 g/mol. The molecule has 0 aliphatic rings. The number of hydrogen-bond donors (Lipinski definition) is 1. The fraction of sp³-hybridized carbons (Fsp3) is 0.417. The standard InChI is InChI=1S/C12H17NO3S/c1-8(2)6-11-5-4-10(9(3)14)7-12(11)17(13,15)16/h4-5,7-8H,6H2,1-3H3,(H2,13,15,16). The summed E-state index contributed by atoms with van der Waals surface area (Å²) in [5.41, 5.74) is 1.02. The number of Topliss-reactive ketones (excluding diaryl/α,β-unsaturated/α-hetero) is 1. The summed E-state index contributed by atoms with van der Waals surface area (Å²) in [5, 5.41) is 5.16. The average molecular weight is 255 g/mol. The Morgan fingerprint density at radius 3 is 2.35 bits per heavy atom. The zero-order chi connectivity index (χ0) is 13.2. The van der Waals surface area contributed by atoms with Gasteiger partial charge >= 0.3 is 0 Å². The van der Waals surface area contributed by atoms with Gasteiger partial charge in [-0.05, 0) is 30.9 Å². The molecule has 0 aromatic heterocycles. The highest BCUT2D eigenvalue weighted by molar-refractivity contribution is 7.89. The normalized spacial score (nSPS) is 11.8. The van der Waals surface area contributed by atoms with Crippen LogP contribution in [0, 0.1) is 5.92 Å². The first-order valence-electron chi connectivity index (χ1n) is 5.38. The van der Waals surface area contributed by atoms with Crippen molar-refractivity contribution in [3.8, 4) is 0 Å². The van der Waals surface area contributed by atoms with Gasteiger partial charge < -0.3 is 0 Å². The lowest BCUT2D eigenvalue weighted by molar-refractivity contribution is 0.101. The molecule has 0 saturated carbocycles. The van der Waals surface area contributed by atoms with E-state index in [1.807, 2.05) is 13.8 Å². The quantitative estimate of drug-likeness (QED) is 0.832. The van der Waals surface area contributed by atoms with Crippen LogP contribution in [0.3, 0.4) is 0 Å². The average Bonchev–Trinajstić information content (AvgIpc) is 2.15. The summed E-state index contributed by atoms with van der Waals surface area (Å²) >= 11 is 0. The van der Waals surface area contributed by atoms with Gasteiger partial charge in [-0.1, -0.05) is 26.0 Å². The Bertz CT molecular complexity index is 533. The highest BCUT2D eigenvalue weighted by Gasteiger charge is 2.16. The van der Waals surface area contributed by atoms with Crippen molar-refractivity contribution in [1.82, 2.24) is 0 Å². The number of ketones is 1. The van der Waals surface area contributed by atoms with E-state index in [0.717, 1.165) is 0 Å². The van der Waals surface area contributed by atoms with Crippen LogP contribution in [0.5, 0.6) is 0 Å². The van der Waals surface area contributed by atoms with Crippen LogP contribution < -0.4 is 5.14 Å². The first-order chi connectivity index (χ1) is 7.71. The molecule has 94 valence electrons. The largest absolute Gasteiger partial charge is 0.295 e. The molecule has 0 saturated heterocycles. The van der Waals surface area contributed by atoms with Gasteiger partial charge in [0.15, 0.2) is 5.78 Å². The van der Waals surface area contributed by atoms with Gasteiger partial charge in [-0.3, -0.25) is 4.79 Å². The maximum atomic E-state index is 11.5. The molecule has 0 aliphatic carbocycles. The molecule has 5 heteroatoms. The van der Waals surface area contributed by atoms with E-state index in [0.29, 0.717) is 23.5 Å². The monoisotopic (exact) mass is 255 g/mol. The smallest absolute Gasteiger partial charge is 0.238 e. The third-order valence-corrected chi connectivity index (χ3v) is 3.40. The molecule has 2 N–H and O–H groups in total. The molecule has 17 heavy (non-hydrogen) atoms. The highest BCUT2D eigenvalue weighted by atomic mass is 32.2. The Balaban J connectivity index is 3.37. The molecule has 0 bridgehead atoms. The van der Waals surface area contributed by atoms with Crippen molar-refractivity contribution in [1.29, 1.82) is 0 Å². The van der Waals surface area contributed by atoms with E-state index in [1.54, 1.807) is 12.1 Å². The van der Waals surface area contributed by atoms with Crippen molar-refractivity contribution in [3.63, 3.8) is 0 Å². The van der Waals surface area contributed by atoms with E-state index < -0.39 is 10.0 Å². The fourth-order valence-electron chi connectivity index (χ4n) is 1.65. The molecule has 0 amide bonds. The van der Waals surface area contributed by atoms with E-state index in [9.17, 15) is 13.2 Å². The third kappa shape index (κ3) is 3.64. The van der Waals surface area contributed by atoms with Crippen LogP contribution in [-0.4, -0.2) is 14.2 Å². The Hall–Kier alpha value is -1.20. The van der Waals surface area contributed by atoms with E-state index in [1.165, 1.54) is 13.0 Å². The van der Waals surface area contributed by atoms with Gasteiger partial charge in [0, 0.05) is 5.56 Å². The minimum Gasteiger partial charge on any atom is -0.295 e. The van der Waals surface area contributed by atoms with Gasteiger partial charge in [-0.15, -0.1) is 0 Å². The van der Waals surface area contributed by atoms with E-state index in [4.69, 9.17) is 5.14 Å². The maximum Gasteiger partial charge on any atom is 0.238 e. The molecular formula is C12H17NO3S. The van der Waals surface area contributed by atoms with Gasteiger partial charge in [0.25, 0.3) is 0 Å². The van der Waals surface area contributed by atoms with Gasteiger partial charge in [-0.25, -0.2) is 13.6 Å². The molecule has 0 aliphatic heterocycles. The highest BCUT2D eigenvalue weighted by Crippen LogP contribution is 2.20. The second-order valence-corrected chi connectivity index (χ2v) is 6.05. The lowest BCUT2D eigenvalue weighted by Crippen LogP contribution is -2.16. The summed E-state index contributed by atoms with van der Waals surface area (Å²) in [6, 6.07) is 4.65. The molecule has 0 radical (unpaired) electrons. The van der Waals surface area contributed by atoms with Gasteiger partial charge in [0.05, 0.1) is 4.90 Å². The van der Waals surface area contributed by atoms with Gasteiger partial charge in [0.2, 0.25) is 10.0 Å². The Morgan fingerprint density at radius 2 is 1.94 bits per heavy atom. The van der Waals surface area contributed by atoms with E-state index >= 15 is 0 Å². The molecule has 1 rings (SSSR count). The summed E-state index contributed by atoms with van der Waals surface area (Å²) in [6.45, 7) is 5.38. The van der Waals surface area contributed by atoms with Crippen LogP contribution >= 0.6 is 0 Å². The summed E-state index contributed by atoms with van der Waals surface area (Å²) in [5.74, 6) is 0.143. The number of carbonyl (C=O) groups is 1. The number of nitrogens with two attached hydrogens (primary N) is 1. The summed E-state index contributed by atoms with van der Waals surface area (Å²) in [4.78, 5) is 11.3. The third-order valence-electron chi connectivity index (χ3n) is 2.41. The molecule has 0 atom stereocenters. The maximum absolute atomic E-state index is 11.5. The van der Waals surface area contributed by atoms with Crippen LogP contribution in [0.15, 0.2) is 23.1 Å². The first-order valence-corrected chi connectivity index (χ1v) is 6.93. The number of hydrogen-bond acceptors (Lipinski definition) is 3. The summed E-state index contributed by atoms with van der Waals surface area (Å²) < 4.78 is 23.0. The first kappa shape index (κ1) is 13.9. The predicted molar refractivity (Wildman–Crippen MR) is 66.4 cm³/mol. The van der Waals surface area contributed by atoms with Crippen molar-refractivity contribution in [2.24, 2.45) is 11.1 Å². The zero-order valence-electron chi connectivity index (χ0n) is 10.2. The zero-order valence-corrected chi connectivity index (χ0v) is 11.0. The molecule has 0 spiro atoms. The Labute approximate surface area is 102 Å². The van der Waals surface area contributed by atoms with E-state index in [-0.39, 0.29) is 10.7 Å². The topological polar surface area (TPSA) is 77.2 Å². The molecule has 0 unspecified atom stereocenters. The number of sulfonamides is 1. The number of primary sulfonamides is 1. The van der Waals surface area contributed by atoms with Crippen molar-refractivity contribution in [2.75, 3.05) is 0 Å². The summed E-state index contributed by atoms with van der Waals surface area (Å²) in [7, 11) is -3.79. The second kappa shape index (κ2) is 4.98. The van der Waals surface area contributed by atoms with Crippen LogP contribution in [-0.2, 0) is 16.4 Å². The minimum absolute atomic E-state index is 0.0545. The van der Waals surface area contributed by atoms with E-state index in [2.05, 4.69) is 0 Å². The summed E-state index contributed by atoms with van der Waals surface area (Å²) in [6.07, 6.45) is 0.615. The molecule has 1 aromatic rings. The van der Waals surface area contributed by atoms with Gasteiger partial charge in [-0.2, -0.15) is 0 Å². The number of rotatable bonds is 4. The number of carbonyl (C=O) groups excluding carboxylic acids is 1. The Morgan fingerprint density at radius 1 is 1.35 bits per heavy atom. The molecule has 0 fully saturated rings. The van der Waals surface area contributed by atoms with Crippen molar-refractivity contribution < 1.29 is 13.2 Å². The second-order valence-electron chi connectivity index (χ2n) is 4.52. The fourth-order valence-corrected chi connectivity index (χ4v) is 2.45. The Kier molecular flexibility index (Phi) is 4.06. The van der Waals surface area contributed by atoms with Crippen LogP contribution in [0.25, 0.3) is 0 Å². The minimum atomic E-state index is -3.79. The SMILES string of the molecule is CC(=O)c1ccc(CC(C)C)c(S(N)(=O)=O)c1. The van der Waals surface area contributed by atoms with Crippen molar-refractivity contribution in [2.45, 2.75) is 32.1 Å².